The Morgan fingerprint density at radius 3 is 1.11 bits per heavy atom. The van der Waals surface area contributed by atoms with Gasteiger partial charge in [0.1, 0.15) is 13.2 Å². The minimum absolute atomic E-state index is 0.0803. The zero-order valence-electron chi connectivity index (χ0n) is 37.2. The van der Waals surface area contributed by atoms with Crippen LogP contribution in [0.2, 0.25) is 0 Å². The molecule has 0 rings (SSSR count). The topological polar surface area (TPSA) is 78.9 Å². The summed E-state index contributed by atoms with van der Waals surface area (Å²) >= 11 is 0. The summed E-state index contributed by atoms with van der Waals surface area (Å²) in [6.45, 7) is 6.50. The molecule has 0 radical (unpaired) electrons. The van der Waals surface area contributed by atoms with Gasteiger partial charge in [-0.25, -0.2) is 0 Å². The average Bonchev–Trinajstić information content (AvgIpc) is 3.19. The van der Waals surface area contributed by atoms with Crippen molar-refractivity contribution >= 4 is 17.9 Å². The first-order valence-corrected chi connectivity index (χ1v) is 24.0. The third-order valence-corrected chi connectivity index (χ3v) is 10.4. The van der Waals surface area contributed by atoms with Crippen LogP contribution in [-0.4, -0.2) is 37.2 Å². The van der Waals surface area contributed by atoms with E-state index in [0.29, 0.717) is 19.3 Å². The first-order chi connectivity index (χ1) is 27.5. The zero-order chi connectivity index (χ0) is 40.8. The second-order valence-corrected chi connectivity index (χ2v) is 16.0. The monoisotopic (exact) mass is 787 g/mol. The van der Waals surface area contributed by atoms with Crippen LogP contribution in [0.1, 0.15) is 245 Å². The molecule has 0 saturated carbocycles. The maximum Gasteiger partial charge on any atom is 0.306 e. The van der Waals surface area contributed by atoms with E-state index in [1.54, 1.807) is 0 Å². The summed E-state index contributed by atoms with van der Waals surface area (Å²) in [4.78, 5) is 37.8. The Bertz CT molecular complexity index is 953. The smallest absolute Gasteiger partial charge is 0.306 e. The fourth-order valence-electron chi connectivity index (χ4n) is 6.77. The van der Waals surface area contributed by atoms with Gasteiger partial charge in [-0.05, 0) is 70.6 Å². The average molecular weight is 787 g/mol. The summed E-state index contributed by atoms with van der Waals surface area (Å²) in [5.74, 6) is -0.907. The normalized spacial score (nSPS) is 12.3. The predicted octanol–water partition coefficient (Wildman–Crippen LogP) is 15.4. The molecule has 0 bridgehead atoms. The second kappa shape index (κ2) is 45.3. The second-order valence-electron chi connectivity index (χ2n) is 16.0. The van der Waals surface area contributed by atoms with Crippen LogP contribution < -0.4 is 0 Å². The van der Waals surface area contributed by atoms with E-state index in [4.69, 9.17) is 14.2 Å². The molecule has 326 valence electrons. The molecule has 1 atom stereocenters. The Labute approximate surface area is 346 Å². The number of hydrogen-bond donors (Lipinski definition) is 0. The van der Waals surface area contributed by atoms with Crippen LogP contribution in [0.15, 0.2) is 36.5 Å². The molecule has 0 amide bonds. The number of hydrogen-bond acceptors (Lipinski definition) is 6. The van der Waals surface area contributed by atoms with Crippen molar-refractivity contribution in [3.8, 4) is 0 Å². The molecule has 1 unspecified atom stereocenters. The highest BCUT2D eigenvalue weighted by molar-refractivity contribution is 5.71. The van der Waals surface area contributed by atoms with Gasteiger partial charge in [0.2, 0.25) is 0 Å². The largest absolute Gasteiger partial charge is 0.462 e. The highest BCUT2D eigenvalue weighted by Gasteiger charge is 2.19. The molecule has 6 heteroatoms. The molecule has 6 nitrogen and oxygen atoms in total. The van der Waals surface area contributed by atoms with Crippen molar-refractivity contribution in [2.75, 3.05) is 13.2 Å². The van der Waals surface area contributed by atoms with Gasteiger partial charge in [-0.3, -0.25) is 14.4 Å². The highest BCUT2D eigenvalue weighted by atomic mass is 16.6. The van der Waals surface area contributed by atoms with Gasteiger partial charge < -0.3 is 14.2 Å². The molecular formula is C50H90O6. The molecule has 0 spiro atoms. The Morgan fingerprint density at radius 2 is 0.696 bits per heavy atom. The lowest BCUT2D eigenvalue weighted by molar-refractivity contribution is -0.167. The van der Waals surface area contributed by atoms with E-state index in [1.807, 2.05) is 0 Å². The van der Waals surface area contributed by atoms with Crippen molar-refractivity contribution in [2.24, 2.45) is 0 Å². The molecule has 0 aromatic carbocycles. The summed E-state index contributed by atoms with van der Waals surface area (Å²) in [6, 6.07) is 0. The van der Waals surface area contributed by atoms with Crippen LogP contribution >= 0.6 is 0 Å². The minimum Gasteiger partial charge on any atom is -0.462 e. The first kappa shape index (κ1) is 53.6. The lowest BCUT2D eigenvalue weighted by atomic mass is 10.0. The van der Waals surface area contributed by atoms with Crippen molar-refractivity contribution in [3.05, 3.63) is 36.5 Å². The molecule has 0 heterocycles. The van der Waals surface area contributed by atoms with Crippen LogP contribution in [0, 0.1) is 0 Å². The molecule has 56 heavy (non-hydrogen) atoms. The number of carbonyl (C=O) groups excluding carboxylic acids is 3. The van der Waals surface area contributed by atoms with Gasteiger partial charge in [-0.15, -0.1) is 0 Å². The standard InChI is InChI=1S/C50H90O6/c1-4-7-10-13-16-19-22-25-26-29-31-34-37-40-43-49(52)55-46-47(56-50(53)44-41-38-35-32-28-24-21-18-15-12-9-6-3)45-54-48(51)42-39-36-33-30-27-23-20-17-14-11-8-5-2/h9,12,18,21,26,29,47H,4-8,10-11,13-17,19-20,22-25,27-28,30-46H2,1-3H3/b12-9-,21-18-,29-26-. The molecule has 0 fully saturated rings. The molecular weight excluding hydrogens is 697 g/mol. The summed E-state index contributed by atoms with van der Waals surface area (Å²) in [7, 11) is 0. The van der Waals surface area contributed by atoms with E-state index in [-0.39, 0.29) is 31.1 Å². The lowest BCUT2D eigenvalue weighted by Crippen LogP contribution is -2.30. The van der Waals surface area contributed by atoms with Gasteiger partial charge in [0.05, 0.1) is 0 Å². The predicted molar refractivity (Wildman–Crippen MR) is 238 cm³/mol. The molecule has 0 N–H and O–H groups in total. The fraction of sp³-hybridized carbons (Fsp3) is 0.820. The van der Waals surface area contributed by atoms with Gasteiger partial charge in [0, 0.05) is 19.3 Å². The number of ether oxygens (including phenoxy) is 3. The van der Waals surface area contributed by atoms with E-state index in [2.05, 4.69) is 57.2 Å². The maximum absolute atomic E-state index is 12.7. The first-order valence-electron chi connectivity index (χ1n) is 24.0. The van der Waals surface area contributed by atoms with E-state index >= 15 is 0 Å². The Morgan fingerprint density at radius 1 is 0.375 bits per heavy atom. The SMILES string of the molecule is CC/C=C\C/C=C\CCCCCCCC(=O)OC(COC(=O)CCCCC/C=C\CCCCCCCCC)COC(=O)CCCCCCCCCCCCCC. The molecule has 0 aromatic rings. The Kier molecular flexibility index (Phi) is 43.4. The summed E-state index contributed by atoms with van der Waals surface area (Å²) in [5, 5.41) is 0. The van der Waals surface area contributed by atoms with Gasteiger partial charge in [-0.1, -0.05) is 192 Å². The highest BCUT2D eigenvalue weighted by Crippen LogP contribution is 2.14. The molecule has 0 saturated heterocycles. The van der Waals surface area contributed by atoms with Crippen molar-refractivity contribution in [2.45, 2.75) is 252 Å². The van der Waals surface area contributed by atoms with Crippen molar-refractivity contribution in [1.82, 2.24) is 0 Å². The molecule has 0 aromatic heterocycles. The Hall–Kier alpha value is -2.37. The Balaban J connectivity index is 4.39. The van der Waals surface area contributed by atoms with Crippen molar-refractivity contribution in [3.63, 3.8) is 0 Å². The lowest BCUT2D eigenvalue weighted by Gasteiger charge is -2.18. The number of rotatable bonds is 43. The third kappa shape index (κ3) is 42.8. The van der Waals surface area contributed by atoms with Crippen molar-refractivity contribution < 1.29 is 28.6 Å². The third-order valence-electron chi connectivity index (χ3n) is 10.4. The van der Waals surface area contributed by atoms with E-state index in [1.165, 1.54) is 103 Å². The summed E-state index contributed by atoms with van der Waals surface area (Å²) in [5.41, 5.74) is 0. The summed E-state index contributed by atoms with van der Waals surface area (Å²) < 4.78 is 16.7. The van der Waals surface area contributed by atoms with Gasteiger partial charge in [0.15, 0.2) is 6.10 Å². The van der Waals surface area contributed by atoms with Crippen molar-refractivity contribution in [1.29, 1.82) is 0 Å². The van der Waals surface area contributed by atoms with Gasteiger partial charge >= 0.3 is 17.9 Å². The number of allylic oxidation sites excluding steroid dienone is 6. The van der Waals surface area contributed by atoms with Crippen LogP contribution in [-0.2, 0) is 28.6 Å². The molecule has 0 aliphatic heterocycles. The van der Waals surface area contributed by atoms with Gasteiger partial charge in [-0.2, -0.15) is 0 Å². The minimum atomic E-state index is -0.780. The van der Waals surface area contributed by atoms with E-state index < -0.39 is 6.10 Å². The zero-order valence-corrected chi connectivity index (χ0v) is 37.2. The number of esters is 3. The van der Waals surface area contributed by atoms with Crippen LogP contribution in [0.25, 0.3) is 0 Å². The quantitative estimate of drug-likeness (QED) is 0.0265. The van der Waals surface area contributed by atoms with Crippen LogP contribution in [0.5, 0.6) is 0 Å². The number of unbranched alkanes of at least 4 members (excludes halogenated alkanes) is 26. The number of carbonyl (C=O) groups is 3. The van der Waals surface area contributed by atoms with Crippen LogP contribution in [0.3, 0.4) is 0 Å². The molecule has 0 aliphatic rings. The molecule has 0 aliphatic carbocycles. The summed E-state index contributed by atoms with van der Waals surface area (Å²) in [6.07, 6.45) is 51.2. The maximum atomic E-state index is 12.7. The van der Waals surface area contributed by atoms with E-state index in [0.717, 1.165) is 103 Å². The van der Waals surface area contributed by atoms with Crippen LogP contribution in [0.4, 0.5) is 0 Å². The van der Waals surface area contributed by atoms with Gasteiger partial charge in [0.25, 0.3) is 0 Å². The van der Waals surface area contributed by atoms with E-state index in [9.17, 15) is 14.4 Å². The fourth-order valence-corrected chi connectivity index (χ4v) is 6.77.